The number of alkyl halides is 2. The highest BCUT2D eigenvalue weighted by molar-refractivity contribution is 5.97. The molecule has 0 N–H and O–H groups in total. The molecular weight excluding hydrogens is 190 g/mol. The van der Waals surface area contributed by atoms with Gasteiger partial charge >= 0.3 is 0 Å². The van der Waals surface area contributed by atoms with Crippen molar-refractivity contribution in [2.75, 3.05) is 7.11 Å². The average molecular weight is 200 g/mol. The molecular formula is C10H10F2O2. The van der Waals surface area contributed by atoms with E-state index < -0.39 is 6.43 Å². The first-order valence-electron chi connectivity index (χ1n) is 4.04. The average Bonchev–Trinajstić information content (AvgIpc) is 2.16. The van der Waals surface area contributed by atoms with Gasteiger partial charge in [0.05, 0.1) is 18.2 Å². The van der Waals surface area contributed by atoms with Crippen LogP contribution in [0.1, 0.15) is 29.3 Å². The number of carbonyl (C=O) groups excluding carboxylic acids is 1. The number of benzene rings is 1. The van der Waals surface area contributed by atoms with Crippen molar-refractivity contribution in [1.82, 2.24) is 0 Å². The van der Waals surface area contributed by atoms with Gasteiger partial charge in [-0.05, 0) is 19.1 Å². The second kappa shape index (κ2) is 4.17. The molecule has 0 aliphatic carbocycles. The van der Waals surface area contributed by atoms with Crippen LogP contribution in [0.15, 0.2) is 18.2 Å². The van der Waals surface area contributed by atoms with Gasteiger partial charge in [-0.3, -0.25) is 4.79 Å². The molecule has 4 heteroatoms. The Morgan fingerprint density at radius 3 is 2.50 bits per heavy atom. The molecule has 2 nitrogen and oxygen atoms in total. The maximum atomic E-state index is 12.5. The van der Waals surface area contributed by atoms with Crippen molar-refractivity contribution in [2.45, 2.75) is 13.3 Å². The fourth-order valence-electron chi connectivity index (χ4n) is 1.23. The van der Waals surface area contributed by atoms with E-state index in [0.717, 1.165) is 0 Å². The quantitative estimate of drug-likeness (QED) is 0.701. The molecule has 0 aromatic heterocycles. The Hall–Kier alpha value is -1.45. The first kappa shape index (κ1) is 10.6. The second-order valence-electron chi connectivity index (χ2n) is 2.78. The number of hydrogen-bond acceptors (Lipinski definition) is 2. The first-order valence-corrected chi connectivity index (χ1v) is 4.04. The highest BCUT2D eigenvalue weighted by Crippen LogP contribution is 2.31. The number of halogens is 2. The molecule has 0 aliphatic heterocycles. The van der Waals surface area contributed by atoms with Gasteiger partial charge < -0.3 is 4.74 Å². The standard InChI is InChI=1S/C10H10F2O2/c1-6(13)7-4-3-5-8(10(11)12)9(7)14-2/h3-5,10H,1-2H3. The van der Waals surface area contributed by atoms with E-state index in [1.54, 1.807) is 0 Å². The molecule has 0 saturated heterocycles. The zero-order valence-electron chi connectivity index (χ0n) is 7.88. The van der Waals surface area contributed by atoms with E-state index in [2.05, 4.69) is 0 Å². The van der Waals surface area contributed by atoms with E-state index in [1.807, 2.05) is 0 Å². The van der Waals surface area contributed by atoms with Crippen molar-refractivity contribution in [3.8, 4) is 5.75 Å². The monoisotopic (exact) mass is 200 g/mol. The van der Waals surface area contributed by atoms with Gasteiger partial charge in [-0.25, -0.2) is 8.78 Å². The van der Waals surface area contributed by atoms with Gasteiger partial charge in [-0.2, -0.15) is 0 Å². The Morgan fingerprint density at radius 1 is 1.43 bits per heavy atom. The number of para-hydroxylation sites is 1. The number of ketones is 1. The molecule has 0 aliphatic rings. The molecule has 1 aromatic carbocycles. The highest BCUT2D eigenvalue weighted by Gasteiger charge is 2.18. The normalized spacial score (nSPS) is 10.4. The topological polar surface area (TPSA) is 26.3 Å². The van der Waals surface area contributed by atoms with E-state index in [1.165, 1.54) is 32.2 Å². The largest absolute Gasteiger partial charge is 0.495 e. The smallest absolute Gasteiger partial charge is 0.267 e. The van der Waals surface area contributed by atoms with Crippen LogP contribution in [0.3, 0.4) is 0 Å². The van der Waals surface area contributed by atoms with E-state index >= 15 is 0 Å². The summed E-state index contributed by atoms with van der Waals surface area (Å²) in [5.41, 5.74) is -0.0644. The van der Waals surface area contributed by atoms with Crippen LogP contribution in [-0.4, -0.2) is 12.9 Å². The van der Waals surface area contributed by atoms with Gasteiger partial charge in [0.15, 0.2) is 5.78 Å². The first-order chi connectivity index (χ1) is 6.57. The number of Topliss-reactive ketones (excluding diaryl/α,β-unsaturated/α-hetero) is 1. The van der Waals surface area contributed by atoms with Gasteiger partial charge in [0.1, 0.15) is 5.75 Å². The molecule has 0 atom stereocenters. The lowest BCUT2D eigenvalue weighted by Crippen LogP contribution is -2.01. The third-order valence-electron chi connectivity index (χ3n) is 1.86. The summed E-state index contributed by atoms with van der Waals surface area (Å²) in [4.78, 5) is 11.1. The molecule has 0 unspecified atom stereocenters. The Bertz CT molecular complexity index is 348. The fraction of sp³-hybridized carbons (Fsp3) is 0.300. The van der Waals surface area contributed by atoms with Crippen LogP contribution in [0.4, 0.5) is 8.78 Å². The molecule has 0 fully saturated rings. The van der Waals surface area contributed by atoms with Crippen LogP contribution >= 0.6 is 0 Å². The zero-order valence-corrected chi connectivity index (χ0v) is 7.88. The Kier molecular flexibility index (Phi) is 3.17. The maximum Gasteiger partial charge on any atom is 0.267 e. The summed E-state index contributed by atoms with van der Waals surface area (Å²) in [6, 6.07) is 4.13. The van der Waals surface area contributed by atoms with Gasteiger partial charge in [0.25, 0.3) is 6.43 Å². The number of rotatable bonds is 3. The minimum atomic E-state index is -2.63. The molecule has 14 heavy (non-hydrogen) atoms. The molecule has 0 amide bonds. The molecule has 76 valence electrons. The summed E-state index contributed by atoms with van der Waals surface area (Å²) < 4.78 is 29.7. The molecule has 0 saturated carbocycles. The Morgan fingerprint density at radius 2 is 2.07 bits per heavy atom. The summed E-state index contributed by atoms with van der Waals surface area (Å²) in [6.45, 7) is 1.31. The van der Waals surface area contributed by atoms with Crippen molar-refractivity contribution in [3.63, 3.8) is 0 Å². The molecule has 1 aromatic rings. The predicted octanol–water partition coefficient (Wildman–Crippen LogP) is 2.84. The van der Waals surface area contributed by atoms with E-state index in [0.29, 0.717) is 0 Å². The SMILES string of the molecule is COc1c(C(C)=O)cccc1C(F)F. The van der Waals surface area contributed by atoms with Crippen LogP contribution in [0, 0.1) is 0 Å². The fourth-order valence-corrected chi connectivity index (χ4v) is 1.23. The zero-order chi connectivity index (χ0) is 10.7. The van der Waals surface area contributed by atoms with E-state index in [9.17, 15) is 13.6 Å². The van der Waals surface area contributed by atoms with Crippen molar-refractivity contribution in [3.05, 3.63) is 29.3 Å². The van der Waals surface area contributed by atoms with Crippen LogP contribution in [-0.2, 0) is 0 Å². The Labute approximate surface area is 80.5 Å². The molecule has 0 radical (unpaired) electrons. The third kappa shape index (κ3) is 1.89. The van der Waals surface area contributed by atoms with Gasteiger partial charge in [-0.15, -0.1) is 0 Å². The van der Waals surface area contributed by atoms with Crippen molar-refractivity contribution >= 4 is 5.78 Å². The van der Waals surface area contributed by atoms with Crippen LogP contribution in [0.5, 0.6) is 5.75 Å². The van der Waals surface area contributed by atoms with Gasteiger partial charge in [-0.1, -0.05) is 6.07 Å². The molecule has 0 heterocycles. The van der Waals surface area contributed by atoms with Crippen molar-refractivity contribution in [2.24, 2.45) is 0 Å². The van der Waals surface area contributed by atoms with Crippen molar-refractivity contribution < 1.29 is 18.3 Å². The molecule has 0 spiro atoms. The lowest BCUT2D eigenvalue weighted by molar-refractivity contribution is 0.101. The van der Waals surface area contributed by atoms with Crippen molar-refractivity contribution in [1.29, 1.82) is 0 Å². The third-order valence-corrected chi connectivity index (χ3v) is 1.86. The number of hydrogen-bond donors (Lipinski definition) is 0. The highest BCUT2D eigenvalue weighted by atomic mass is 19.3. The van der Waals surface area contributed by atoms with E-state index in [-0.39, 0.29) is 22.7 Å². The van der Waals surface area contributed by atoms with Gasteiger partial charge in [0.2, 0.25) is 0 Å². The summed E-state index contributed by atoms with van der Waals surface area (Å²) in [5.74, 6) is -0.320. The van der Waals surface area contributed by atoms with Gasteiger partial charge in [0, 0.05) is 0 Å². The molecule has 0 bridgehead atoms. The summed E-state index contributed by atoms with van der Waals surface area (Å²) in [6.07, 6.45) is -2.63. The van der Waals surface area contributed by atoms with Crippen LogP contribution < -0.4 is 4.74 Å². The Balaban J connectivity index is 3.32. The number of carbonyl (C=O) groups is 1. The minimum absolute atomic E-state index is 0.0324. The minimum Gasteiger partial charge on any atom is -0.495 e. The summed E-state index contributed by atoms with van der Waals surface area (Å²) in [7, 11) is 1.27. The van der Waals surface area contributed by atoms with E-state index in [4.69, 9.17) is 4.74 Å². The number of ether oxygens (including phenoxy) is 1. The molecule has 1 rings (SSSR count). The van der Waals surface area contributed by atoms with Crippen LogP contribution in [0.25, 0.3) is 0 Å². The lowest BCUT2D eigenvalue weighted by atomic mass is 10.1. The van der Waals surface area contributed by atoms with Crippen LogP contribution in [0.2, 0.25) is 0 Å². The lowest BCUT2D eigenvalue weighted by Gasteiger charge is -2.10. The summed E-state index contributed by atoms with van der Waals surface area (Å²) >= 11 is 0. The summed E-state index contributed by atoms with van der Waals surface area (Å²) in [5, 5.41) is 0. The number of methoxy groups -OCH3 is 1. The second-order valence-corrected chi connectivity index (χ2v) is 2.78. The maximum absolute atomic E-state index is 12.5. The predicted molar refractivity (Wildman–Crippen MR) is 48.0 cm³/mol.